The molecule has 1 atom stereocenters. The first-order valence-corrected chi connectivity index (χ1v) is 8.00. The topological polar surface area (TPSA) is 0 Å². The molecule has 1 aromatic carbocycles. The minimum Gasteiger partial charge on any atom is -0.130 e. The average molecular weight is 264 g/mol. The lowest BCUT2D eigenvalue weighted by Crippen LogP contribution is -2.23. The van der Waals surface area contributed by atoms with Crippen molar-refractivity contribution in [3.63, 3.8) is 0 Å². The van der Waals surface area contributed by atoms with Gasteiger partial charge >= 0.3 is 0 Å². The lowest BCUT2D eigenvalue weighted by atomic mass is 9.69. The summed E-state index contributed by atoms with van der Waals surface area (Å²) in [5.41, 5.74) is 2.17. The van der Waals surface area contributed by atoms with Gasteiger partial charge in [-0.3, -0.25) is 0 Å². The van der Waals surface area contributed by atoms with Crippen LogP contribution < -0.4 is 0 Å². The third-order valence-corrected chi connectivity index (χ3v) is 4.12. The van der Waals surface area contributed by atoms with Crippen molar-refractivity contribution in [3.8, 4) is 0 Å². The molecule has 0 aromatic heterocycles. The van der Waals surface area contributed by atoms with Gasteiger partial charge in [-0.05, 0) is 47.1 Å². The minimum atomic E-state index is 0.314. The molecule has 0 aliphatic rings. The van der Waals surface area contributed by atoms with E-state index < -0.39 is 0 Å². The summed E-state index contributed by atoms with van der Waals surface area (Å²) in [5, 5.41) is 0. The molecule has 0 amide bonds. The first-order valence-electron chi connectivity index (χ1n) is 6.77. The third-order valence-electron chi connectivity index (χ3n) is 3.38. The van der Waals surface area contributed by atoms with Crippen molar-refractivity contribution < 1.29 is 0 Å². The van der Waals surface area contributed by atoms with Crippen molar-refractivity contribution in [2.45, 2.75) is 58.8 Å². The van der Waals surface area contributed by atoms with Crippen molar-refractivity contribution in [2.24, 2.45) is 10.8 Å². The second kappa shape index (κ2) is 5.69. The Morgan fingerprint density at radius 3 is 1.78 bits per heavy atom. The number of hydrogen-bond acceptors (Lipinski definition) is 1. The smallest absolute Gasteiger partial charge is 0.00693 e. The molecule has 102 valence electrons. The summed E-state index contributed by atoms with van der Waals surface area (Å²) in [6.45, 7) is 14.1. The minimum absolute atomic E-state index is 0.314. The molecular weight excluding hydrogens is 236 g/mol. The van der Waals surface area contributed by atoms with Gasteiger partial charge in [0.1, 0.15) is 0 Å². The van der Waals surface area contributed by atoms with Gasteiger partial charge in [0.05, 0.1) is 0 Å². The lowest BCUT2D eigenvalue weighted by Gasteiger charge is -2.36. The van der Waals surface area contributed by atoms with E-state index in [0.29, 0.717) is 16.7 Å². The predicted molar refractivity (Wildman–Crippen MR) is 84.5 cm³/mol. The Labute approximate surface area is 118 Å². The van der Waals surface area contributed by atoms with E-state index in [2.05, 4.69) is 72.1 Å². The van der Waals surface area contributed by atoms with Crippen LogP contribution in [0.1, 0.15) is 59.4 Å². The zero-order chi connectivity index (χ0) is 14.0. The Kier molecular flexibility index (Phi) is 4.94. The van der Waals surface area contributed by atoms with Gasteiger partial charge in [0.15, 0.2) is 0 Å². The monoisotopic (exact) mass is 264 g/mol. The molecule has 0 bridgehead atoms. The quantitative estimate of drug-likeness (QED) is 0.606. The molecule has 0 aliphatic heterocycles. The normalized spacial score (nSPS) is 14.6. The fourth-order valence-electron chi connectivity index (χ4n) is 2.37. The fraction of sp³-hybridized carbons (Fsp3) is 0.647. The van der Waals surface area contributed by atoms with Gasteiger partial charge in [-0.1, -0.05) is 53.7 Å². The van der Waals surface area contributed by atoms with Gasteiger partial charge in [-0.15, -0.1) is 11.8 Å². The largest absolute Gasteiger partial charge is 0.130 e. The van der Waals surface area contributed by atoms with E-state index in [1.54, 1.807) is 0 Å². The highest BCUT2D eigenvalue weighted by molar-refractivity contribution is 7.98. The van der Waals surface area contributed by atoms with Crippen LogP contribution in [-0.2, 0) is 0 Å². The molecule has 1 unspecified atom stereocenters. The van der Waals surface area contributed by atoms with Gasteiger partial charge in [0.25, 0.3) is 0 Å². The highest BCUT2D eigenvalue weighted by Crippen LogP contribution is 2.43. The molecule has 1 heteroatoms. The van der Waals surface area contributed by atoms with Crippen LogP contribution in [0.2, 0.25) is 0 Å². The van der Waals surface area contributed by atoms with Crippen LogP contribution in [0.15, 0.2) is 29.2 Å². The standard InChI is InChI=1S/C17H28S/c1-16(2,3)12-15(17(4,5)6)13-8-10-14(18-7)11-9-13/h8-11,15H,12H2,1-7H3. The van der Waals surface area contributed by atoms with Crippen molar-refractivity contribution in [3.05, 3.63) is 29.8 Å². The molecule has 0 fully saturated rings. The molecule has 0 aliphatic carbocycles. The molecule has 1 rings (SSSR count). The second-order valence-corrected chi connectivity index (χ2v) is 8.34. The molecule has 0 heterocycles. The van der Waals surface area contributed by atoms with Crippen LogP contribution in [0.25, 0.3) is 0 Å². The van der Waals surface area contributed by atoms with Crippen LogP contribution in [0.4, 0.5) is 0 Å². The zero-order valence-electron chi connectivity index (χ0n) is 13.0. The van der Waals surface area contributed by atoms with Gasteiger partial charge in [0, 0.05) is 4.90 Å². The van der Waals surface area contributed by atoms with Crippen LogP contribution in [0, 0.1) is 10.8 Å². The SMILES string of the molecule is CSc1ccc(C(CC(C)(C)C)C(C)(C)C)cc1. The van der Waals surface area contributed by atoms with E-state index in [0.717, 1.165) is 0 Å². The first-order chi connectivity index (χ1) is 8.13. The molecule has 0 nitrogen and oxygen atoms in total. The summed E-state index contributed by atoms with van der Waals surface area (Å²) in [6, 6.07) is 9.13. The summed E-state index contributed by atoms with van der Waals surface area (Å²) in [6.07, 6.45) is 3.36. The lowest BCUT2D eigenvalue weighted by molar-refractivity contribution is 0.229. The van der Waals surface area contributed by atoms with Crippen LogP contribution in [0.3, 0.4) is 0 Å². The van der Waals surface area contributed by atoms with Crippen molar-refractivity contribution in [1.82, 2.24) is 0 Å². The summed E-state index contributed by atoms with van der Waals surface area (Å²) >= 11 is 1.81. The third kappa shape index (κ3) is 4.68. The summed E-state index contributed by atoms with van der Waals surface area (Å²) < 4.78 is 0. The van der Waals surface area contributed by atoms with Gasteiger partial charge < -0.3 is 0 Å². The van der Waals surface area contributed by atoms with E-state index in [1.165, 1.54) is 16.9 Å². The second-order valence-electron chi connectivity index (χ2n) is 7.46. The number of hydrogen-bond donors (Lipinski definition) is 0. The maximum Gasteiger partial charge on any atom is 0.00693 e. The number of thioether (sulfide) groups is 1. The maximum atomic E-state index is 2.35. The molecule has 0 radical (unpaired) electrons. The van der Waals surface area contributed by atoms with E-state index in [1.807, 2.05) is 11.8 Å². The Morgan fingerprint density at radius 1 is 0.944 bits per heavy atom. The first kappa shape index (κ1) is 15.6. The van der Waals surface area contributed by atoms with E-state index in [9.17, 15) is 0 Å². The van der Waals surface area contributed by atoms with E-state index in [4.69, 9.17) is 0 Å². The Balaban J connectivity index is 3.02. The highest BCUT2D eigenvalue weighted by Gasteiger charge is 2.30. The Bertz CT molecular complexity index is 362. The van der Waals surface area contributed by atoms with Gasteiger partial charge in [-0.25, -0.2) is 0 Å². The fourth-order valence-corrected chi connectivity index (χ4v) is 2.78. The summed E-state index contributed by atoms with van der Waals surface area (Å²) in [5.74, 6) is 0.619. The molecule has 18 heavy (non-hydrogen) atoms. The Hall–Kier alpha value is -0.430. The van der Waals surface area contributed by atoms with Crippen molar-refractivity contribution >= 4 is 11.8 Å². The molecule has 0 saturated carbocycles. The molecular formula is C17H28S. The van der Waals surface area contributed by atoms with Gasteiger partial charge in [0.2, 0.25) is 0 Å². The molecule has 0 N–H and O–H groups in total. The Morgan fingerprint density at radius 2 is 1.44 bits per heavy atom. The number of rotatable bonds is 3. The maximum absolute atomic E-state index is 2.35. The zero-order valence-corrected chi connectivity index (χ0v) is 13.8. The molecule has 0 saturated heterocycles. The summed E-state index contributed by atoms with van der Waals surface area (Å²) in [4.78, 5) is 1.35. The molecule has 1 aromatic rings. The molecule has 0 spiro atoms. The number of benzene rings is 1. The van der Waals surface area contributed by atoms with Crippen molar-refractivity contribution in [1.29, 1.82) is 0 Å². The van der Waals surface area contributed by atoms with E-state index in [-0.39, 0.29) is 0 Å². The van der Waals surface area contributed by atoms with E-state index >= 15 is 0 Å². The van der Waals surface area contributed by atoms with Gasteiger partial charge in [-0.2, -0.15) is 0 Å². The van der Waals surface area contributed by atoms with Crippen molar-refractivity contribution in [2.75, 3.05) is 6.26 Å². The average Bonchev–Trinajstić information content (AvgIpc) is 2.24. The highest BCUT2D eigenvalue weighted by atomic mass is 32.2. The predicted octanol–water partition coefficient (Wildman–Crippen LogP) is 5.97. The van der Waals surface area contributed by atoms with Crippen LogP contribution in [0.5, 0.6) is 0 Å². The summed E-state index contributed by atoms with van der Waals surface area (Å²) in [7, 11) is 0. The van der Waals surface area contributed by atoms with Crippen LogP contribution in [-0.4, -0.2) is 6.26 Å². The van der Waals surface area contributed by atoms with Crippen LogP contribution >= 0.6 is 11.8 Å².